The molecule has 0 spiro atoms. The predicted octanol–water partition coefficient (Wildman–Crippen LogP) is 3.07. The van der Waals surface area contributed by atoms with Crippen molar-refractivity contribution in [1.82, 2.24) is 10.2 Å². The SMILES string of the molecule is CCN1C(=O)C(=Cc2cccc(Cl)c2Cl)NC1=S. The molecule has 94 valence electrons. The molecule has 0 aliphatic carbocycles. The van der Waals surface area contributed by atoms with Crippen LogP contribution in [0, 0.1) is 0 Å². The van der Waals surface area contributed by atoms with E-state index in [0.717, 1.165) is 0 Å². The molecule has 1 aromatic rings. The highest BCUT2D eigenvalue weighted by Crippen LogP contribution is 2.27. The molecule has 18 heavy (non-hydrogen) atoms. The number of hydrogen-bond donors (Lipinski definition) is 1. The first-order chi connectivity index (χ1) is 8.54. The van der Waals surface area contributed by atoms with Crippen LogP contribution in [0.2, 0.25) is 10.0 Å². The molecule has 1 N–H and O–H groups in total. The van der Waals surface area contributed by atoms with Crippen molar-refractivity contribution in [2.24, 2.45) is 0 Å². The summed E-state index contributed by atoms with van der Waals surface area (Å²) in [5.41, 5.74) is 1.09. The summed E-state index contributed by atoms with van der Waals surface area (Å²) in [4.78, 5) is 13.5. The Bertz CT molecular complexity index is 557. The maximum atomic E-state index is 12.0. The van der Waals surface area contributed by atoms with Crippen LogP contribution in [0.5, 0.6) is 0 Å². The van der Waals surface area contributed by atoms with Gasteiger partial charge < -0.3 is 5.32 Å². The first kappa shape index (κ1) is 13.3. The van der Waals surface area contributed by atoms with Crippen LogP contribution < -0.4 is 5.32 Å². The maximum Gasteiger partial charge on any atom is 0.276 e. The Balaban J connectivity index is 2.38. The van der Waals surface area contributed by atoms with Crippen LogP contribution in [0.25, 0.3) is 6.08 Å². The van der Waals surface area contributed by atoms with Crippen LogP contribution >= 0.6 is 35.4 Å². The van der Waals surface area contributed by atoms with Crippen LogP contribution in [0.1, 0.15) is 12.5 Å². The van der Waals surface area contributed by atoms with E-state index in [4.69, 9.17) is 35.4 Å². The fourth-order valence-electron chi connectivity index (χ4n) is 1.65. The van der Waals surface area contributed by atoms with E-state index in [2.05, 4.69) is 5.32 Å². The summed E-state index contributed by atoms with van der Waals surface area (Å²) in [6.07, 6.45) is 1.65. The topological polar surface area (TPSA) is 32.3 Å². The third kappa shape index (κ3) is 2.36. The van der Waals surface area contributed by atoms with E-state index in [0.29, 0.717) is 33.0 Å². The second-order valence-electron chi connectivity index (χ2n) is 3.68. The zero-order valence-corrected chi connectivity index (χ0v) is 11.9. The van der Waals surface area contributed by atoms with Gasteiger partial charge in [0.2, 0.25) is 0 Å². The summed E-state index contributed by atoms with van der Waals surface area (Å²) in [5.74, 6) is -0.154. The van der Waals surface area contributed by atoms with Crippen LogP contribution in [0.15, 0.2) is 23.9 Å². The number of thiocarbonyl (C=S) groups is 1. The Morgan fingerprint density at radius 3 is 2.78 bits per heavy atom. The lowest BCUT2D eigenvalue weighted by molar-refractivity contribution is -0.122. The second kappa shape index (κ2) is 5.26. The zero-order valence-electron chi connectivity index (χ0n) is 9.54. The Morgan fingerprint density at radius 2 is 2.17 bits per heavy atom. The smallest absolute Gasteiger partial charge is 0.276 e. The minimum absolute atomic E-state index is 0.154. The van der Waals surface area contributed by atoms with E-state index in [1.807, 2.05) is 6.92 Å². The molecule has 0 aromatic heterocycles. The summed E-state index contributed by atoms with van der Waals surface area (Å²) in [7, 11) is 0. The molecule has 0 bridgehead atoms. The molecule has 1 fully saturated rings. The average Bonchev–Trinajstić information content (AvgIpc) is 2.60. The molecular formula is C12H10Cl2N2OS. The summed E-state index contributed by atoms with van der Waals surface area (Å²) in [5, 5.41) is 4.15. The molecule has 1 aliphatic rings. The van der Waals surface area contributed by atoms with E-state index in [9.17, 15) is 4.79 Å². The minimum Gasteiger partial charge on any atom is -0.328 e. The first-order valence-corrected chi connectivity index (χ1v) is 6.49. The van der Waals surface area contributed by atoms with Crippen molar-refractivity contribution in [2.45, 2.75) is 6.92 Å². The molecule has 0 atom stereocenters. The van der Waals surface area contributed by atoms with Gasteiger partial charge in [-0.1, -0.05) is 35.3 Å². The second-order valence-corrected chi connectivity index (χ2v) is 4.85. The number of likely N-dealkylation sites (N-methyl/N-ethyl adjacent to an activating group) is 1. The largest absolute Gasteiger partial charge is 0.328 e. The van der Waals surface area contributed by atoms with Crippen molar-refractivity contribution in [3.8, 4) is 0 Å². The number of carbonyl (C=O) groups excluding carboxylic acids is 1. The van der Waals surface area contributed by atoms with Gasteiger partial charge in [-0.05, 0) is 36.8 Å². The normalized spacial score (nSPS) is 17.5. The van der Waals surface area contributed by atoms with E-state index in [1.54, 1.807) is 24.3 Å². The zero-order chi connectivity index (χ0) is 13.3. The molecule has 6 heteroatoms. The highest BCUT2D eigenvalue weighted by molar-refractivity contribution is 7.80. The molecule has 0 saturated carbocycles. The summed E-state index contributed by atoms with van der Waals surface area (Å²) in [6, 6.07) is 5.25. The van der Waals surface area contributed by atoms with Crippen molar-refractivity contribution in [3.63, 3.8) is 0 Å². The fourth-order valence-corrected chi connectivity index (χ4v) is 2.33. The van der Waals surface area contributed by atoms with Gasteiger partial charge in [-0.15, -0.1) is 0 Å². The van der Waals surface area contributed by atoms with Gasteiger partial charge in [0.15, 0.2) is 5.11 Å². The number of nitrogens with zero attached hydrogens (tertiary/aromatic N) is 1. The van der Waals surface area contributed by atoms with Gasteiger partial charge >= 0.3 is 0 Å². The summed E-state index contributed by atoms with van der Waals surface area (Å²) < 4.78 is 0. The monoisotopic (exact) mass is 300 g/mol. The van der Waals surface area contributed by atoms with Gasteiger partial charge in [0, 0.05) is 6.54 Å². The van der Waals surface area contributed by atoms with Gasteiger partial charge in [-0.2, -0.15) is 0 Å². The lowest BCUT2D eigenvalue weighted by Gasteiger charge is -2.08. The first-order valence-electron chi connectivity index (χ1n) is 5.33. The number of carbonyl (C=O) groups is 1. The molecule has 0 unspecified atom stereocenters. The Kier molecular flexibility index (Phi) is 3.90. The standard InChI is InChI=1S/C12H10Cl2N2OS/c1-2-16-11(17)9(15-12(16)18)6-7-4-3-5-8(13)10(7)14/h3-6H,2H2,1H3,(H,15,18). The van der Waals surface area contributed by atoms with Crippen LogP contribution in [-0.4, -0.2) is 22.5 Å². The van der Waals surface area contributed by atoms with E-state index < -0.39 is 0 Å². The lowest BCUT2D eigenvalue weighted by atomic mass is 10.2. The van der Waals surface area contributed by atoms with Crippen molar-refractivity contribution in [1.29, 1.82) is 0 Å². The molecule has 1 amide bonds. The average molecular weight is 301 g/mol. The quantitative estimate of drug-likeness (QED) is 0.673. The lowest BCUT2D eigenvalue weighted by Crippen LogP contribution is -2.30. The van der Waals surface area contributed by atoms with E-state index in [1.165, 1.54) is 4.90 Å². The van der Waals surface area contributed by atoms with E-state index >= 15 is 0 Å². The summed E-state index contributed by atoms with van der Waals surface area (Å²) >= 11 is 17.0. The molecule has 0 radical (unpaired) electrons. The minimum atomic E-state index is -0.154. The van der Waals surface area contributed by atoms with Gasteiger partial charge in [0.25, 0.3) is 5.91 Å². The molecule has 1 saturated heterocycles. The molecular weight excluding hydrogens is 291 g/mol. The number of benzene rings is 1. The Hall–Kier alpha value is -1.10. The predicted molar refractivity (Wildman–Crippen MR) is 77.6 cm³/mol. The van der Waals surface area contributed by atoms with Crippen molar-refractivity contribution >= 4 is 52.5 Å². The number of hydrogen-bond acceptors (Lipinski definition) is 2. The molecule has 1 heterocycles. The highest BCUT2D eigenvalue weighted by atomic mass is 35.5. The van der Waals surface area contributed by atoms with Gasteiger partial charge in [-0.3, -0.25) is 9.69 Å². The third-order valence-corrected chi connectivity index (χ3v) is 3.72. The van der Waals surface area contributed by atoms with Crippen LogP contribution in [0.4, 0.5) is 0 Å². The van der Waals surface area contributed by atoms with Gasteiger partial charge in [0.05, 0.1) is 10.0 Å². The van der Waals surface area contributed by atoms with Crippen LogP contribution in [0.3, 0.4) is 0 Å². The summed E-state index contributed by atoms with van der Waals surface area (Å²) in [6.45, 7) is 2.40. The number of nitrogens with one attached hydrogen (secondary N) is 1. The van der Waals surface area contributed by atoms with Crippen molar-refractivity contribution in [3.05, 3.63) is 39.5 Å². The van der Waals surface area contributed by atoms with Crippen molar-refractivity contribution in [2.75, 3.05) is 6.54 Å². The van der Waals surface area contributed by atoms with Crippen molar-refractivity contribution < 1.29 is 4.79 Å². The Morgan fingerprint density at radius 1 is 1.44 bits per heavy atom. The van der Waals surface area contributed by atoms with Gasteiger partial charge in [-0.25, -0.2) is 0 Å². The van der Waals surface area contributed by atoms with Crippen LogP contribution in [-0.2, 0) is 4.79 Å². The van der Waals surface area contributed by atoms with Gasteiger partial charge in [0.1, 0.15) is 5.70 Å². The fraction of sp³-hybridized carbons (Fsp3) is 0.167. The molecule has 1 aromatic carbocycles. The molecule has 2 rings (SSSR count). The number of amides is 1. The maximum absolute atomic E-state index is 12.0. The molecule has 3 nitrogen and oxygen atoms in total. The molecule has 1 aliphatic heterocycles. The van der Waals surface area contributed by atoms with E-state index in [-0.39, 0.29) is 5.91 Å². The highest BCUT2D eigenvalue weighted by Gasteiger charge is 2.29. The Labute approximate surface area is 120 Å². The number of halogens is 2. The number of rotatable bonds is 2. The third-order valence-electron chi connectivity index (χ3n) is 2.56.